The molecule has 0 unspecified atom stereocenters. The summed E-state index contributed by atoms with van der Waals surface area (Å²) in [7, 11) is -3.23. The highest BCUT2D eigenvalue weighted by Crippen LogP contribution is 2.27. The molecule has 1 amide bonds. The van der Waals surface area contributed by atoms with Crippen LogP contribution in [0, 0.1) is 11.8 Å². The first-order valence-electron chi connectivity index (χ1n) is 6.37. The van der Waals surface area contributed by atoms with Gasteiger partial charge in [0.1, 0.15) is 5.60 Å². The first kappa shape index (κ1) is 16.7. The maximum atomic E-state index is 11.6. The van der Waals surface area contributed by atoms with Gasteiger partial charge in [-0.2, -0.15) is 0 Å². The van der Waals surface area contributed by atoms with Gasteiger partial charge in [0.2, 0.25) is 0 Å². The van der Waals surface area contributed by atoms with Crippen LogP contribution < -0.4 is 5.32 Å². The summed E-state index contributed by atoms with van der Waals surface area (Å²) in [6.07, 6.45) is -0.837. The minimum atomic E-state index is -3.23. The quantitative estimate of drug-likeness (QED) is 0.789. The second kappa shape index (κ2) is 5.99. The maximum Gasteiger partial charge on any atom is 0.407 e. The molecule has 1 heterocycles. The first-order valence-corrected chi connectivity index (χ1v) is 8.20. The summed E-state index contributed by atoms with van der Waals surface area (Å²) >= 11 is 0. The third kappa shape index (κ3) is 5.77. The number of aliphatic carboxylic acids is 1. The van der Waals surface area contributed by atoms with Crippen LogP contribution in [0.5, 0.6) is 0 Å². The fraction of sp³-hybridized carbons (Fsp3) is 0.833. The van der Waals surface area contributed by atoms with Gasteiger partial charge < -0.3 is 15.2 Å². The van der Waals surface area contributed by atoms with E-state index in [2.05, 4.69) is 5.32 Å². The van der Waals surface area contributed by atoms with Gasteiger partial charge in [-0.3, -0.25) is 4.79 Å². The van der Waals surface area contributed by atoms with Crippen LogP contribution >= 0.6 is 0 Å². The predicted molar refractivity (Wildman–Crippen MR) is 72.1 cm³/mol. The molecule has 1 aliphatic heterocycles. The lowest BCUT2D eigenvalue weighted by atomic mass is 9.93. The highest BCUT2D eigenvalue weighted by Gasteiger charge is 2.38. The molecule has 0 aromatic rings. The molecule has 0 aromatic carbocycles. The fourth-order valence-corrected chi connectivity index (χ4v) is 4.42. The summed E-state index contributed by atoms with van der Waals surface area (Å²) in [6, 6.07) is 0. The Morgan fingerprint density at radius 2 is 1.80 bits per heavy atom. The number of carbonyl (C=O) groups is 2. The average molecular weight is 307 g/mol. The Morgan fingerprint density at radius 3 is 2.30 bits per heavy atom. The van der Waals surface area contributed by atoms with E-state index in [-0.39, 0.29) is 30.4 Å². The van der Waals surface area contributed by atoms with Crippen LogP contribution in [0.1, 0.15) is 27.2 Å². The zero-order chi connectivity index (χ0) is 15.6. The SMILES string of the molecule is CC(C)(C)OC(=O)NC[C@@H]1CS(=O)(=O)C[C@H]1CC(=O)O. The Kier molecular flexibility index (Phi) is 5.01. The first-order chi connectivity index (χ1) is 8.98. The molecule has 0 aromatic heterocycles. The number of carboxylic acids is 1. The minimum Gasteiger partial charge on any atom is -0.481 e. The van der Waals surface area contributed by atoms with Gasteiger partial charge in [0, 0.05) is 13.0 Å². The maximum absolute atomic E-state index is 11.6. The molecule has 2 N–H and O–H groups in total. The summed E-state index contributed by atoms with van der Waals surface area (Å²) in [4.78, 5) is 22.2. The number of nitrogens with one attached hydrogen (secondary N) is 1. The van der Waals surface area contributed by atoms with Crippen molar-refractivity contribution in [1.29, 1.82) is 0 Å². The molecule has 1 saturated heterocycles. The number of sulfone groups is 1. The van der Waals surface area contributed by atoms with E-state index in [4.69, 9.17) is 9.84 Å². The largest absolute Gasteiger partial charge is 0.481 e. The molecule has 0 aliphatic carbocycles. The number of rotatable bonds is 4. The summed E-state index contributed by atoms with van der Waals surface area (Å²) in [5, 5.41) is 11.3. The molecule has 20 heavy (non-hydrogen) atoms. The van der Waals surface area contributed by atoms with Gasteiger partial charge in [0.15, 0.2) is 9.84 Å². The van der Waals surface area contributed by atoms with E-state index in [1.807, 2.05) is 0 Å². The predicted octanol–water partition coefficient (Wildman–Crippen LogP) is 0.647. The van der Waals surface area contributed by atoms with Crippen LogP contribution in [0.2, 0.25) is 0 Å². The van der Waals surface area contributed by atoms with Gasteiger partial charge in [-0.05, 0) is 32.6 Å². The van der Waals surface area contributed by atoms with Gasteiger partial charge in [-0.15, -0.1) is 0 Å². The number of carbonyl (C=O) groups excluding carboxylic acids is 1. The zero-order valence-electron chi connectivity index (χ0n) is 11.9. The monoisotopic (exact) mass is 307 g/mol. The highest BCUT2D eigenvalue weighted by molar-refractivity contribution is 7.91. The summed E-state index contributed by atoms with van der Waals surface area (Å²) in [6.45, 7) is 5.27. The Balaban J connectivity index is 2.56. The van der Waals surface area contributed by atoms with Crippen LogP contribution in [-0.4, -0.2) is 49.2 Å². The Labute approximate surface area is 118 Å². The van der Waals surface area contributed by atoms with Crippen molar-refractivity contribution in [2.24, 2.45) is 11.8 Å². The van der Waals surface area contributed by atoms with Crippen LogP contribution in [0.3, 0.4) is 0 Å². The molecular weight excluding hydrogens is 286 g/mol. The van der Waals surface area contributed by atoms with Gasteiger partial charge in [-0.1, -0.05) is 0 Å². The molecular formula is C12H21NO6S. The number of alkyl carbamates (subject to hydrolysis) is 1. The highest BCUT2D eigenvalue weighted by atomic mass is 32.2. The Morgan fingerprint density at radius 1 is 1.25 bits per heavy atom. The molecule has 116 valence electrons. The second-order valence-corrected chi connectivity index (χ2v) is 8.23. The number of hydrogen-bond acceptors (Lipinski definition) is 5. The Hall–Kier alpha value is -1.31. The smallest absolute Gasteiger partial charge is 0.407 e. The van der Waals surface area contributed by atoms with E-state index in [1.165, 1.54) is 0 Å². The normalized spacial score (nSPS) is 25.1. The van der Waals surface area contributed by atoms with Crippen molar-refractivity contribution in [1.82, 2.24) is 5.32 Å². The molecule has 1 rings (SSSR count). The molecule has 1 fully saturated rings. The van der Waals surface area contributed by atoms with Crippen LogP contribution in [0.15, 0.2) is 0 Å². The molecule has 8 heteroatoms. The molecule has 0 saturated carbocycles. The van der Waals surface area contributed by atoms with E-state index in [9.17, 15) is 18.0 Å². The van der Waals surface area contributed by atoms with Gasteiger partial charge >= 0.3 is 12.1 Å². The van der Waals surface area contributed by atoms with E-state index in [0.29, 0.717) is 0 Å². The molecule has 0 bridgehead atoms. The topological polar surface area (TPSA) is 110 Å². The Bertz CT molecular complexity index is 479. The lowest BCUT2D eigenvalue weighted by Gasteiger charge is -2.21. The van der Waals surface area contributed by atoms with Crippen LogP contribution in [0.25, 0.3) is 0 Å². The van der Waals surface area contributed by atoms with Crippen LogP contribution in [-0.2, 0) is 19.4 Å². The van der Waals surface area contributed by atoms with Crippen molar-refractivity contribution in [3.8, 4) is 0 Å². The minimum absolute atomic E-state index is 0.0965. The summed E-state index contributed by atoms with van der Waals surface area (Å²) < 4.78 is 28.2. The fourth-order valence-electron chi connectivity index (χ4n) is 2.20. The summed E-state index contributed by atoms with van der Waals surface area (Å²) in [5.41, 5.74) is -0.633. The van der Waals surface area contributed by atoms with E-state index >= 15 is 0 Å². The van der Waals surface area contributed by atoms with Gasteiger partial charge in [-0.25, -0.2) is 13.2 Å². The molecule has 7 nitrogen and oxygen atoms in total. The van der Waals surface area contributed by atoms with Crippen molar-refractivity contribution in [2.75, 3.05) is 18.1 Å². The third-order valence-corrected chi connectivity index (χ3v) is 4.82. The van der Waals surface area contributed by atoms with Crippen molar-refractivity contribution in [3.05, 3.63) is 0 Å². The number of amides is 1. The number of ether oxygens (including phenoxy) is 1. The molecule has 2 atom stereocenters. The second-order valence-electron chi connectivity index (χ2n) is 6.08. The van der Waals surface area contributed by atoms with Crippen molar-refractivity contribution in [3.63, 3.8) is 0 Å². The molecule has 1 aliphatic rings. The molecule has 0 radical (unpaired) electrons. The van der Waals surface area contributed by atoms with E-state index in [1.54, 1.807) is 20.8 Å². The third-order valence-electron chi connectivity index (χ3n) is 2.95. The van der Waals surface area contributed by atoms with Crippen molar-refractivity contribution >= 4 is 21.9 Å². The van der Waals surface area contributed by atoms with E-state index < -0.39 is 33.4 Å². The van der Waals surface area contributed by atoms with Gasteiger partial charge in [0.05, 0.1) is 11.5 Å². The zero-order valence-corrected chi connectivity index (χ0v) is 12.7. The van der Waals surface area contributed by atoms with Crippen molar-refractivity contribution < 1.29 is 27.9 Å². The average Bonchev–Trinajstić information content (AvgIpc) is 2.46. The van der Waals surface area contributed by atoms with E-state index in [0.717, 1.165) is 0 Å². The van der Waals surface area contributed by atoms with Gasteiger partial charge in [0.25, 0.3) is 0 Å². The summed E-state index contributed by atoms with van der Waals surface area (Å²) in [5.74, 6) is -2.12. The van der Waals surface area contributed by atoms with Crippen molar-refractivity contribution in [2.45, 2.75) is 32.8 Å². The number of hydrogen-bond donors (Lipinski definition) is 2. The standard InChI is InChI=1S/C12H21NO6S/c1-12(2,3)19-11(16)13-5-9-7-20(17,18)6-8(9)4-10(14)15/h8-9H,4-7H2,1-3H3,(H,13,16)(H,14,15)/t8-,9-/m1/s1. The lowest BCUT2D eigenvalue weighted by molar-refractivity contribution is -0.138. The lowest BCUT2D eigenvalue weighted by Crippen LogP contribution is -2.37. The van der Waals surface area contributed by atoms with Crippen LogP contribution in [0.4, 0.5) is 4.79 Å². The number of carboxylic acid groups (broad SMARTS) is 1. The molecule has 0 spiro atoms.